The van der Waals surface area contributed by atoms with Crippen molar-refractivity contribution < 1.29 is 0 Å². The van der Waals surface area contributed by atoms with E-state index in [1.807, 2.05) is 30.3 Å². The lowest BCUT2D eigenvalue weighted by molar-refractivity contribution is 1.14. The van der Waals surface area contributed by atoms with Gasteiger partial charge >= 0.3 is 0 Å². The van der Waals surface area contributed by atoms with Gasteiger partial charge in [-0.3, -0.25) is 0 Å². The Morgan fingerprint density at radius 2 is 1.89 bits per heavy atom. The van der Waals surface area contributed by atoms with Crippen LogP contribution in [0.2, 0.25) is 0 Å². The molecule has 0 aliphatic heterocycles. The molecule has 3 N–H and O–H groups in total. The molecule has 2 aromatic rings. The highest BCUT2D eigenvalue weighted by Gasteiger charge is 2.05. The quantitative estimate of drug-likeness (QED) is 0.825. The molecule has 0 spiro atoms. The fourth-order valence-corrected chi connectivity index (χ4v) is 1.99. The molecule has 0 amide bonds. The minimum Gasteiger partial charge on any atom is -0.389 e. The molecule has 2 nitrogen and oxygen atoms in total. The van der Waals surface area contributed by atoms with Crippen molar-refractivity contribution in [1.29, 1.82) is 0 Å². The van der Waals surface area contributed by atoms with Crippen LogP contribution in [0.1, 0.15) is 16.7 Å². The van der Waals surface area contributed by atoms with Crippen molar-refractivity contribution in [3.8, 4) is 0 Å². The topological polar surface area (TPSA) is 38.0 Å². The van der Waals surface area contributed by atoms with Gasteiger partial charge in [0.05, 0.1) is 0 Å². The molecule has 0 saturated carbocycles. The van der Waals surface area contributed by atoms with Crippen LogP contribution in [-0.2, 0) is 6.54 Å². The van der Waals surface area contributed by atoms with Crippen molar-refractivity contribution in [1.82, 2.24) is 0 Å². The van der Waals surface area contributed by atoms with Gasteiger partial charge in [-0.2, -0.15) is 0 Å². The van der Waals surface area contributed by atoms with Crippen LogP contribution in [0.25, 0.3) is 0 Å². The maximum Gasteiger partial charge on any atom is 0.106 e. The van der Waals surface area contributed by atoms with Crippen LogP contribution in [0.5, 0.6) is 0 Å². The number of aryl methyl sites for hydroxylation is 1. The van der Waals surface area contributed by atoms with E-state index in [0.29, 0.717) is 4.99 Å². The molecule has 2 aromatic carbocycles. The Morgan fingerprint density at radius 1 is 1.17 bits per heavy atom. The molecule has 2 rings (SSSR count). The zero-order valence-corrected chi connectivity index (χ0v) is 11.1. The van der Waals surface area contributed by atoms with Gasteiger partial charge in [-0.25, -0.2) is 0 Å². The minimum absolute atomic E-state index is 0.422. The van der Waals surface area contributed by atoms with Crippen LogP contribution in [0.15, 0.2) is 48.5 Å². The van der Waals surface area contributed by atoms with Crippen LogP contribution in [-0.4, -0.2) is 4.99 Å². The first-order valence-electron chi connectivity index (χ1n) is 5.85. The number of anilines is 1. The van der Waals surface area contributed by atoms with Crippen LogP contribution in [0.4, 0.5) is 5.69 Å². The monoisotopic (exact) mass is 256 g/mol. The normalized spacial score (nSPS) is 10.1. The van der Waals surface area contributed by atoms with E-state index in [0.717, 1.165) is 17.8 Å². The molecule has 0 fully saturated rings. The molecule has 0 bridgehead atoms. The third-order valence-corrected chi connectivity index (χ3v) is 2.99. The number of rotatable bonds is 4. The highest BCUT2D eigenvalue weighted by Crippen LogP contribution is 2.18. The highest BCUT2D eigenvalue weighted by molar-refractivity contribution is 7.80. The average molecular weight is 256 g/mol. The summed E-state index contributed by atoms with van der Waals surface area (Å²) < 4.78 is 0. The molecule has 0 saturated heterocycles. The summed E-state index contributed by atoms with van der Waals surface area (Å²) in [5, 5.41) is 3.38. The summed E-state index contributed by atoms with van der Waals surface area (Å²) in [5.41, 5.74) is 10.0. The fraction of sp³-hybridized carbons (Fsp3) is 0.133. The lowest BCUT2D eigenvalue weighted by Crippen LogP contribution is -2.13. The van der Waals surface area contributed by atoms with Gasteiger partial charge in [-0.05, 0) is 30.2 Å². The van der Waals surface area contributed by atoms with E-state index >= 15 is 0 Å². The third-order valence-electron chi connectivity index (χ3n) is 2.77. The Labute approximate surface area is 113 Å². The van der Waals surface area contributed by atoms with Crippen molar-refractivity contribution in [2.24, 2.45) is 5.73 Å². The lowest BCUT2D eigenvalue weighted by atomic mass is 10.1. The van der Waals surface area contributed by atoms with E-state index in [1.165, 1.54) is 11.1 Å². The average Bonchev–Trinajstić information content (AvgIpc) is 2.37. The van der Waals surface area contributed by atoms with Gasteiger partial charge in [-0.15, -0.1) is 0 Å². The summed E-state index contributed by atoms with van der Waals surface area (Å²) in [5.74, 6) is 0. The van der Waals surface area contributed by atoms with E-state index < -0.39 is 0 Å². The summed E-state index contributed by atoms with van der Waals surface area (Å²) in [7, 11) is 0. The summed E-state index contributed by atoms with van der Waals surface area (Å²) in [4.78, 5) is 0.422. The number of nitrogens with one attached hydrogen (secondary N) is 1. The van der Waals surface area contributed by atoms with E-state index in [9.17, 15) is 0 Å². The van der Waals surface area contributed by atoms with Crippen molar-refractivity contribution in [3.63, 3.8) is 0 Å². The van der Waals surface area contributed by atoms with Crippen LogP contribution >= 0.6 is 12.2 Å². The van der Waals surface area contributed by atoms with Gasteiger partial charge in [0.25, 0.3) is 0 Å². The largest absolute Gasteiger partial charge is 0.389 e. The second-order valence-electron chi connectivity index (χ2n) is 4.25. The number of benzene rings is 2. The van der Waals surface area contributed by atoms with E-state index in [4.69, 9.17) is 18.0 Å². The summed E-state index contributed by atoms with van der Waals surface area (Å²) >= 11 is 5.06. The van der Waals surface area contributed by atoms with Gasteiger partial charge in [0.15, 0.2) is 0 Å². The molecule has 3 heteroatoms. The van der Waals surface area contributed by atoms with Crippen molar-refractivity contribution >= 4 is 22.9 Å². The fourth-order valence-electron chi connectivity index (χ4n) is 1.81. The zero-order valence-electron chi connectivity index (χ0n) is 10.3. The number of thiocarbonyl (C=S) groups is 1. The highest BCUT2D eigenvalue weighted by atomic mass is 32.1. The Kier molecular flexibility index (Phi) is 3.95. The third kappa shape index (κ3) is 3.08. The van der Waals surface area contributed by atoms with Crippen molar-refractivity contribution in [2.45, 2.75) is 13.5 Å². The second kappa shape index (κ2) is 5.65. The standard InChI is InChI=1S/C15H16N2S/c1-11-7-8-13(15(16)18)14(9-11)17-10-12-5-3-2-4-6-12/h2-9,17H,10H2,1H3,(H2,16,18). The zero-order chi connectivity index (χ0) is 13.0. The number of hydrogen-bond donors (Lipinski definition) is 2. The van der Waals surface area contributed by atoms with Crippen molar-refractivity contribution in [2.75, 3.05) is 5.32 Å². The van der Waals surface area contributed by atoms with Crippen molar-refractivity contribution in [3.05, 3.63) is 65.2 Å². The predicted molar refractivity (Wildman–Crippen MR) is 80.8 cm³/mol. The maximum atomic E-state index is 5.73. The lowest BCUT2D eigenvalue weighted by Gasteiger charge is -2.12. The molecule has 0 radical (unpaired) electrons. The Balaban J connectivity index is 2.18. The molecule has 0 aromatic heterocycles. The maximum absolute atomic E-state index is 5.73. The molecule has 0 aliphatic carbocycles. The van der Waals surface area contributed by atoms with Gasteiger partial charge < -0.3 is 11.1 Å². The van der Waals surface area contributed by atoms with Gasteiger partial charge in [0.1, 0.15) is 4.99 Å². The van der Waals surface area contributed by atoms with Gasteiger partial charge in [-0.1, -0.05) is 48.6 Å². The SMILES string of the molecule is Cc1ccc(C(N)=S)c(NCc2ccccc2)c1. The van der Waals surface area contributed by atoms with Crippen LogP contribution < -0.4 is 11.1 Å². The van der Waals surface area contributed by atoms with E-state index in [2.05, 4.69) is 30.4 Å². The Morgan fingerprint density at radius 3 is 2.56 bits per heavy atom. The predicted octanol–water partition coefficient (Wildman–Crippen LogP) is 3.24. The molecule has 92 valence electrons. The first kappa shape index (κ1) is 12.6. The summed E-state index contributed by atoms with van der Waals surface area (Å²) in [6.07, 6.45) is 0. The molecule has 18 heavy (non-hydrogen) atoms. The molecule has 0 atom stereocenters. The van der Waals surface area contributed by atoms with E-state index in [1.54, 1.807) is 0 Å². The second-order valence-corrected chi connectivity index (χ2v) is 4.69. The summed E-state index contributed by atoms with van der Waals surface area (Å²) in [6.45, 7) is 2.82. The smallest absolute Gasteiger partial charge is 0.106 e. The number of nitrogens with two attached hydrogens (primary N) is 1. The van der Waals surface area contributed by atoms with Crippen LogP contribution in [0.3, 0.4) is 0 Å². The first-order valence-corrected chi connectivity index (χ1v) is 6.26. The summed E-state index contributed by atoms with van der Waals surface area (Å²) in [6, 6.07) is 16.3. The first-order chi connectivity index (χ1) is 8.66. The number of hydrogen-bond acceptors (Lipinski definition) is 2. The molecular weight excluding hydrogens is 240 g/mol. The van der Waals surface area contributed by atoms with Gasteiger partial charge in [0.2, 0.25) is 0 Å². The molecular formula is C15H16N2S. The van der Waals surface area contributed by atoms with Gasteiger partial charge in [0, 0.05) is 17.8 Å². The van der Waals surface area contributed by atoms with E-state index in [-0.39, 0.29) is 0 Å². The Hall–Kier alpha value is -1.87. The molecule has 0 aliphatic rings. The minimum atomic E-state index is 0.422. The molecule has 0 heterocycles. The van der Waals surface area contributed by atoms with Crippen LogP contribution in [0, 0.1) is 6.92 Å². The Bertz CT molecular complexity index is 550. The molecule has 0 unspecified atom stereocenters.